The second-order valence-corrected chi connectivity index (χ2v) is 6.83. The number of carbonyl (C=O) groups excluding carboxylic acids is 2. The molecule has 0 saturated carbocycles. The molecule has 154 valence electrons. The summed E-state index contributed by atoms with van der Waals surface area (Å²) in [6, 6.07) is 12.5. The quantitative estimate of drug-likeness (QED) is 0.663. The second-order valence-electron chi connectivity index (χ2n) is 6.83. The predicted molar refractivity (Wildman–Crippen MR) is 107 cm³/mol. The topological polar surface area (TPSA) is 89.1 Å². The first-order valence-electron chi connectivity index (χ1n) is 9.32. The van der Waals surface area contributed by atoms with E-state index in [-0.39, 0.29) is 25.2 Å². The molecule has 0 radical (unpaired) electrons. The molecular weight excluding hydrogens is 374 g/mol. The van der Waals surface area contributed by atoms with Gasteiger partial charge in [0, 0.05) is 18.7 Å². The lowest BCUT2D eigenvalue weighted by Gasteiger charge is -2.12. The molecule has 1 aliphatic heterocycles. The smallest absolute Gasteiger partial charge is 0.251 e. The molecule has 0 fully saturated rings. The fourth-order valence-corrected chi connectivity index (χ4v) is 2.65. The van der Waals surface area contributed by atoms with E-state index < -0.39 is 0 Å². The summed E-state index contributed by atoms with van der Waals surface area (Å²) >= 11 is 0. The Morgan fingerprint density at radius 2 is 1.90 bits per heavy atom. The minimum absolute atomic E-state index is 0.119. The highest BCUT2D eigenvalue weighted by molar-refractivity contribution is 5.97. The van der Waals surface area contributed by atoms with Gasteiger partial charge in [-0.3, -0.25) is 9.59 Å². The molecule has 1 heterocycles. The number of nitrogens with zero attached hydrogens (tertiary/aromatic N) is 1. The second kappa shape index (κ2) is 9.79. The molecule has 0 spiro atoms. The number of hydrogen-bond donors (Lipinski definition) is 2. The van der Waals surface area contributed by atoms with Gasteiger partial charge in [0.1, 0.15) is 12.4 Å². The van der Waals surface area contributed by atoms with Crippen molar-refractivity contribution in [1.29, 1.82) is 0 Å². The molecule has 0 atom stereocenters. The Labute approximate surface area is 169 Å². The van der Waals surface area contributed by atoms with Crippen LogP contribution in [0.3, 0.4) is 0 Å². The molecule has 0 unspecified atom stereocenters. The zero-order chi connectivity index (χ0) is 20.6. The highest BCUT2D eigenvalue weighted by Crippen LogP contribution is 2.32. The molecule has 0 saturated heterocycles. The van der Waals surface area contributed by atoms with Gasteiger partial charge in [0.2, 0.25) is 12.7 Å². The van der Waals surface area contributed by atoms with Crippen LogP contribution in [0.25, 0.3) is 0 Å². The van der Waals surface area contributed by atoms with E-state index in [4.69, 9.17) is 14.2 Å². The van der Waals surface area contributed by atoms with E-state index in [0.29, 0.717) is 30.2 Å². The average Bonchev–Trinajstić information content (AvgIpc) is 3.18. The number of ether oxygens (including phenoxy) is 3. The average molecular weight is 399 g/mol. The molecule has 2 aromatic carbocycles. The van der Waals surface area contributed by atoms with Crippen LogP contribution < -0.4 is 24.8 Å². The summed E-state index contributed by atoms with van der Waals surface area (Å²) in [4.78, 5) is 26.3. The van der Waals surface area contributed by atoms with Crippen molar-refractivity contribution >= 4 is 11.8 Å². The van der Waals surface area contributed by atoms with Gasteiger partial charge in [-0.25, -0.2) is 0 Å². The number of fused-ring (bicyclic) bond motifs is 1. The van der Waals surface area contributed by atoms with Crippen LogP contribution in [-0.2, 0) is 11.3 Å². The number of likely N-dealkylation sites (N-methyl/N-ethyl adjacent to an activating group) is 1. The van der Waals surface area contributed by atoms with Crippen LogP contribution >= 0.6 is 0 Å². The SMILES string of the molecule is CN(C)CCOc1cccc(CNC(=O)CNC(=O)c2ccc3c(c2)OCO3)c1. The first-order valence-corrected chi connectivity index (χ1v) is 9.32. The zero-order valence-corrected chi connectivity index (χ0v) is 16.6. The fraction of sp³-hybridized carbons (Fsp3) is 0.333. The number of amides is 2. The van der Waals surface area contributed by atoms with Gasteiger partial charge >= 0.3 is 0 Å². The van der Waals surface area contributed by atoms with Gasteiger partial charge in [-0.1, -0.05) is 12.1 Å². The first kappa shape index (κ1) is 20.5. The van der Waals surface area contributed by atoms with Gasteiger partial charge in [-0.05, 0) is 50.0 Å². The Morgan fingerprint density at radius 3 is 2.72 bits per heavy atom. The lowest BCUT2D eigenvalue weighted by molar-refractivity contribution is -0.120. The predicted octanol–water partition coefficient (Wildman–Crippen LogP) is 1.40. The van der Waals surface area contributed by atoms with Crippen LogP contribution in [0.2, 0.25) is 0 Å². The van der Waals surface area contributed by atoms with Crippen molar-refractivity contribution in [2.24, 2.45) is 0 Å². The van der Waals surface area contributed by atoms with Crippen molar-refractivity contribution in [2.45, 2.75) is 6.54 Å². The maximum absolute atomic E-state index is 12.2. The summed E-state index contributed by atoms with van der Waals surface area (Å²) in [5.41, 5.74) is 1.33. The molecule has 0 aliphatic carbocycles. The largest absolute Gasteiger partial charge is 0.492 e. The van der Waals surface area contributed by atoms with Gasteiger partial charge < -0.3 is 29.7 Å². The van der Waals surface area contributed by atoms with Gasteiger partial charge in [0.15, 0.2) is 11.5 Å². The molecule has 8 nitrogen and oxygen atoms in total. The molecule has 0 bridgehead atoms. The Balaban J connectivity index is 1.42. The highest BCUT2D eigenvalue weighted by Gasteiger charge is 2.16. The van der Waals surface area contributed by atoms with Gasteiger partial charge in [-0.15, -0.1) is 0 Å². The van der Waals surface area contributed by atoms with Crippen molar-refractivity contribution in [2.75, 3.05) is 40.6 Å². The summed E-state index contributed by atoms with van der Waals surface area (Å²) < 4.78 is 16.2. The maximum atomic E-state index is 12.2. The molecule has 8 heteroatoms. The van der Waals surface area contributed by atoms with Crippen LogP contribution in [0.1, 0.15) is 15.9 Å². The Bertz CT molecular complexity index is 869. The fourth-order valence-electron chi connectivity index (χ4n) is 2.65. The number of benzene rings is 2. The lowest BCUT2D eigenvalue weighted by Crippen LogP contribution is -2.36. The third-order valence-corrected chi connectivity index (χ3v) is 4.24. The lowest BCUT2D eigenvalue weighted by atomic mass is 10.2. The van der Waals surface area contributed by atoms with Crippen LogP contribution in [0.15, 0.2) is 42.5 Å². The van der Waals surface area contributed by atoms with E-state index in [9.17, 15) is 9.59 Å². The van der Waals surface area contributed by atoms with Crippen molar-refractivity contribution < 1.29 is 23.8 Å². The van der Waals surface area contributed by atoms with Crippen LogP contribution in [-0.4, -0.2) is 57.3 Å². The van der Waals surface area contributed by atoms with Crippen LogP contribution in [0.5, 0.6) is 17.2 Å². The van der Waals surface area contributed by atoms with Crippen LogP contribution in [0.4, 0.5) is 0 Å². The minimum Gasteiger partial charge on any atom is -0.492 e. The van der Waals surface area contributed by atoms with Crippen molar-refractivity contribution in [3.8, 4) is 17.2 Å². The van der Waals surface area contributed by atoms with E-state index >= 15 is 0 Å². The number of rotatable bonds is 9. The third kappa shape index (κ3) is 6.11. The molecule has 2 amide bonds. The molecular formula is C21H25N3O5. The molecule has 2 aromatic rings. The molecule has 29 heavy (non-hydrogen) atoms. The summed E-state index contributed by atoms with van der Waals surface area (Å²) in [7, 11) is 3.97. The number of carbonyl (C=O) groups is 2. The minimum atomic E-state index is -0.352. The Hall–Kier alpha value is -3.26. The van der Waals surface area contributed by atoms with Crippen molar-refractivity contribution in [3.05, 3.63) is 53.6 Å². The molecule has 0 aromatic heterocycles. The van der Waals surface area contributed by atoms with Gasteiger partial charge in [0.05, 0.1) is 6.54 Å². The summed E-state index contributed by atoms with van der Waals surface area (Å²) in [6.07, 6.45) is 0. The van der Waals surface area contributed by atoms with E-state index in [1.165, 1.54) is 0 Å². The normalized spacial score (nSPS) is 12.0. The van der Waals surface area contributed by atoms with Gasteiger partial charge in [-0.2, -0.15) is 0 Å². The number of hydrogen-bond acceptors (Lipinski definition) is 6. The van der Waals surface area contributed by atoms with E-state index in [1.54, 1.807) is 18.2 Å². The Morgan fingerprint density at radius 1 is 1.07 bits per heavy atom. The summed E-state index contributed by atoms with van der Waals surface area (Å²) in [5.74, 6) is 1.25. The van der Waals surface area contributed by atoms with E-state index in [0.717, 1.165) is 17.9 Å². The number of nitrogens with one attached hydrogen (secondary N) is 2. The third-order valence-electron chi connectivity index (χ3n) is 4.24. The monoisotopic (exact) mass is 399 g/mol. The van der Waals surface area contributed by atoms with E-state index in [2.05, 4.69) is 10.6 Å². The molecule has 1 aliphatic rings. The zero-order valence-electron chi connectivity index (χ0n) is 16.6. The van der Waals surface area contributed by atoms with Gasteiger partial charge in [0.25, 0.3) is 5.91 Å². The maximum Gasteiger partial charge on any atom is 0.251 e. The summed E-state index contributed by atoms with van der Waals surface area (Å²) in [6.45, 7) is 1.79. The first-order chi connectivity index (χ1) is 14.0. The molecule has 2 N–H and O–H groups in total. The Kier molecular flexibility index (Phi) is 6.91. The van der Waals surface area contributed by atoms with Crippen molar-refractivity contribution in [3.63, 3.8) is 0 Å². The molecule has 3 rings (SSSR count). The van der Waals surface area contributed by atoms with Crippen LogP contribution in [0, 0.1) is 0 Å². The highest BCUT2D eigenvalue weighted by atomic mass is 16.7. The summed E-state index contributed by atoms with van der Waals surface area (Å²) in [5, 5.41) is 5.39. The standard InChI is InChI=1S/C21H25N3O5/c1-24(2)8-9-27-17-5-3-4-15(10-17)12-22-20(25)13-23-21(26)16-6-7-18-19(11-16)29-14-28-18/h3-7,10-11H,8-9,12-14H2,1-2H3,(H,22,25)(H,23,26). The van der Waals surface area contributed by atoms with E-state index in [1.807, 2.05) is 43.3 Å². The van der Waals surface area contributed by atoms with Crippen molar-refractivity contribution in [1.82, 2.24) is 15.5 Å².